The zero-order valence-electron chi connectivity index (χ0n) is 10.8. The Labute approximate surface area is 122 Å². The smallest absolute Gasteiger partial charge is 0.0328 e. The average Bonchev–Trinajstić information content (AvgIpc) is 2.76. The van der Waals surface area contributed by atoms with Gasteiger partial charge in [-0.15, -0.1) is 11.3 Å². The molecular formula is C14H21BrN2S. The molecular weight excluding hydrogens is 308 g/mol. The number of likely N-dealkylation sites (tertiary alicyclic amines) is 1. The van der Waals surface area contributed by atoms with Gasteiger partial charge in [-0.3, -0.25) is 4.90 Å². The first-order chi connectivity index (χ1) is 8.76. The second-order valence-electron chi connectivity index (χ2n) is 5.83. The van der Waals surface area contributed by atoms with Gasteiger partial charge in [0.05, 0.1) is 0 Å². The van der Waals surface area contributed by atoms with Crippen molar-refractivity contribution in [2.24, 2.45) is 5.41 Å². The molecule has 4 heteroatoms. The van der Waals surface area contributed by atoms with Gasteiger partial charge in [-0.05, 0) is 66.2 Å². The van der Waals surface area contributed by atoms with E-state index in [1.807, 2.05) is 11.3 Å². The van der Waals surface area contributed by atoms with Crippen LogP contribution in [-0.4, -0.2) is 31.1 Å². The maximum atomic E-state index is 3.60. The Hall–Kier alpha value is 0.1000. The third-order valence-electron chi connectivity index (χ3n) is 4.30. The van der Waals surface area contributed by atoms with E-state index in [9.17, 15) is 0 Å². The minimum absolute atomic E-state index is 0.574. The molecule has 0 amide bonds. The second kappa shape index (κ2) is 5.61. The summed E-state index contributed by atoms with van der Waals surface area (Å²) in [5, 5.41) is 5.79. The van der Waals surface area contributed by atoms with Gasteiger partial charge in [-0.1, -0.05) is 0 Å². The number of piperidine rings is 2. The quantitative estimate of drug-likeness (QED) is 0.894. The van der Waals surface area contributed by atoms with Crippen molar-refractivity contribution in [1.29, 1.82) is 0 Å². The molecule has 0 aromatic carbocycles. The van der Waals surface area contributed by atoms with Crippen LogP contribution in [0.5, 0.6) is 0 Å². The number of nitrogens with zero attached hydrogens (tertiary/aromatic N) is 1. The zero-order chi connectivity index (χ0) is 12.4. The van der Waals surface area contributed by atoms with E-state index >= 15 is 0 Å². The SMILES string of the molecule is Brc1csc(CN2CCCC3(CCCNC3)C2)c1. The van der Waals surface area contributed by atoms with E-state index in [2.05, 4.69) is 37.6 Å². The molecule has 0 saturated carbocycles. The lowest BCUT2D eigenvalue weighted by Crippen LogP contribution is -2.50. The predicted molar refractivity (Wildman–Crippen MR) is 81.1 cm³/mol. The number of hydrogen-bond acceptors (Lipinski definition) is 3. The minimum Gasteiger partial charge on any atom is -0.316 e. The Bertz CT molecular complexity index is 393. The first kappa shape index (κ1) is 13.1. The van der Waals surface area contributed by atoms with Gasteiger partial charge in [-0.25, -0.2) is 0 Å². The van der Waals surface area contributed by atoms with Gasteiger partial charge in [-0.2, -0.15) is 0 Å². The largest absolute Gasteiger partial charge is 0.316 e. The minimum atomic E-state index is 0.574. The molecule has 100 valence electrons. The van der Waals surface area contributed by atoms with Gasteiger partial charge < -0.3 is 5.32 Å². The molecule has 2 nitrogen and oxygen atoms in total. The van der Waals surface area contributed by atoms with E-state index in [1.165, 1.54) is 61.2 Å². The summed E-state index contributed by atoms with van der Waals surface area (Å²) < 4.78 is 1.23. The number of rotatable bonds is 2. The summed E-state index contributed by atoms with van der Waals surface area (Å²) in [4.78, 5) is 4.15. The molecule has 2 saturated heterocycles. The van der Waals surface area contributed by atoms with E-state index in [-0.39, 0.29) is 0 Å². The fraction of sp³-hybridized carbons (Fsp3) is 0.714. The molecule has 3 rings (SSSR count). The summed E-state index contributed by atoms with van der Waals surface area (Å²) in [5.74, 6) is 0. The van der Waals surface area contributed by atoms with Crippen molar-refractivity contribution in [3.05, 3.63) is 20.8 Å². The monoisotopic (exact) mass is 328 g/mol. The van der Waals surface area contributed by atoms with Crippen LogP contribution in [0.4, 0.5) is 0 Å². The summed E-state index contributed by atoms with van der Waals surface area (Å²) in [6, 6.07) is 2.27. The van der Waals surface area contributed by atoms with Crippen molar-refractivity contribution in [3.63, 3.8) is 0 Å². The zero-order valence-corrected chi connectivity index (χ0v) is 13.2. The van der Waals surface area contributed by atoms with Crippen molar-refractivity contribution in [2.75, 3.05) is 26.2 Å². The first-order valence-electron chi connectivity index (χ1n) is 6.92. The van der Waals surface area contributed by atoms with Crippen LogP contribution in [-0.2, 0) is 6.54 Å². The molecule has 0 aliphatic carbocycles. The van der Waals surface area contributed by atoms with Crippen molar-refractivity contribution in [3.8, 4) is 0 Å². The van der Waals surface area contributed by atoms with Gasteiger partial charge in [0, 0.05) is 34.4 Å². The molecule has 0 bridgehead atoms. The predicted octanol–water partition coefficient (Wildman–Crippen LogP) is 3.48. The maximum Gasteiger partial charge on any atom is 0.0328 e. The van der Waals surface area contributed by atoms with Crippen LogP contribution in [0.15, 0.2) is 15.9 Å². The fourth-order valence-electron chi connectivity index (χ4n) is 3.48. The third kappa shape index (κ3) is 2.98. The summed E-state index contributed by atoms with van der Waals surface area (Å²) in [6.45, 7) is 6.15. The highest BCUT2D eigenvalue weighted by atomic mass is 79.9. The summed E-state index contributed by atoms with van der Waals surface area (Å²) >= 11 is 5.42. The molecule has 0 radical (unpaired) electrons. The standard InChI is InChI=1S/C14H21BrN2S/c15-12-7-13(18-9-12)8-17-6-2-4-14(11-17)3-1-5-16-10-14/h7,9,16H,1-6,8,10-11H2. The van der Waals surface area contributed by atoms with Crippen molar-refractivity contribution in [1.82, 2.24) is 10.2 Å². The lowest BCUT2D eigenvalue weighted by molar-refractivity contribution is 0.0606. The molecule has 3 heterocycles. The van der Waals surface area contributed by atoms with Gasteiger partial charge in [0.2, 0.25) is 0 Å². The summed E-state index contributed by atoms with van der Waals surface area (Å²) in [5.41, 5.74) is 0.574. The van der Waals surface area contributed by atoms with Crippen molar-refractivity contribution < 1.29 is 0 Å². The van der Waals surface area contributed by atoms with E-state index in [1.54, 1.807) is 0 Å². The first-order valence-corrected chi connectivity index (χ1v) is 8.59. The molecule has 2 aliphatic rings. The molecule has 1 spiro atoms. The number of halogens is 1. The van der Waals surface area contributed by atoms with Crippen LogP contribution < -0.4 is 5.32 Å². The third-order valence-corrected chi connectivity index (χ3v) is 5.98. The molecule has 2 fully saturated rings. The Morgan fingerprint density at radius 1 is 1.39 bits per heavy atom. The van der Waals surface area contributed by atoms with Gasteiger partial charge in [0.15, 0.2) is 0 Å². The number of thiophene rings is 1. The topological polar surface area (TPSA) is 15.3 Å². The van der Waals surface area contributed by atoms with Gasteiger partial charge in [0.25, 0.3) is 0 Å². The average molecular weight is 329 g/mol. The highest BCUT2D eigenvalue weighted by Crippen LogP contribution is 2.36. The van der Waals surface area contributed by atoms with E-state index in [4.69, 9.17) is 0 Å². The lowest BCUT2D eigenvalue weighted by atomic mass is 9.74. The van der Waals surface area contributed by atoms with Crippen LogP contribution >= 0.6 is 27.3 Å². The normalized spacial score (nSPS) is 29.8. The molecule has 1 unspecified atom stereocenters. The highest BCUT2D eigenvalue weighted by molar-refractivity contribution is 9.10. The Morgan fingerprint density at radius 2 is 2.28 bits per heavy atom. The molecule has 1 aromatic rings. The van der Waals surface area contributed by atoms with Crippen LogP contribution in [0.1, 0.15) is 30.6 Å². The van der Waals surface area contributed by atoms with E-state index in [0.29, 0.717) is 5.41 Å². The summed E-state index contributed by atoms with van der Waals surface area (Å²) in [6.07, 6.45) is 5.57. The second-order valence-corrected chi connectivity index (χ2v) is 7.74. The Morgan fingerprint density at radius 3 is 3.00 bits per heavy atom. The Balaban J connectivity index is 1.63. The Kier molecular flexibility index (Phi) is 4.09. The molecule has 1 N–H and O–H groups in total. The van der Waals surface area contributed by atoms with Crippen LogP contribution in [0.3, 0.4) is 0 Å². The highest BCUT2D eigenvalue weighted by Gasteiger charge is 2.36. The van der Waals surface area contributed by atoms with Gasteiger partial charge in [0.1, 0.15) is 0 Å². The van der Waals surface area contributed by atoms with Crippen molar-refractivity contribution >= 4 is 27.3 Å². The number of nitrogens with one attached hydrogen (secondary N) is 1. The number of hydrogen-bond donors (Lipinski definition) is 1. The summed E-state index contributed by atoms with van der Waals surface area (Å²) in [7, 11) is 0. The molecule has 2 aliphatic heterocycles. The van der Waals surface area contributed by atoms with Crippen LogP contribution in [0, 0.1) is 5.41 Å². The van der Waals surface area contributed by atoms with E-state index < -0.39 is 0 Å². The van der Waals surface area contributed by atoms with E-state index in [0.717, 1.165) is 6.54 Å². The molecule has 1 aromatic heterocycles. The maximum absolute atomic E-state index is 3.60. The molecule has 18 heavy (non-hydrogen) atoms. The van der Waals surface area contributed by atoms with Crippen LogP contribution in [0.25, 0.3) is 0 Å². The van der Waals surface area contributed by atoms with Crippen LogP contribution in [0.2, 0.25) is 0 Å². The van der Waals surface area contributed by atoms with Gasteiger partial charge >= 0.3 is 0 Å². The fourth-order valence-corrected chi connectivity index (χ4v) is 4.97. The molecule has 1 atom stereocenters. The lowest BCUT2D eigenvalue weighted by Gasteiger charge is -2.45. The van der Waals surface area contributed by atoms with Crippen molar-refractivity contribution in [2.45, 2.75) is 32.2 Å².